The van der Waals surface area contributed by atoms with Crippen LogP contribution in [0.15, 0.2) is 29.2 Å². The second-order valence-electron chi connectivity index (χ2n) is 4.43. The van der Waals surface area contributed by atoms with Crippen LogP contribution in [0.4, 0.5) is 0 Å². The molecule has 21 heavy (non-hydrogen) atoms. The maximum absolute atomic E-state index is 12.2. The van der Waals surface area contributed by atoms with Crippen molar-refractivity contribution in [3.63, 3.8) is 0 Å². The minimum atomic E-state index is -3.68. The zero-order valence-corrected chi connectivity index (χ0v) is 12.7. The van der Waals surface area contributed by atoms with Gasteiger partial charge in [-0.05, 0) is 30.7 Å². The molecule has 7 nitrogen and oxygen atoms in total. The summed E-state index contributed by atoms with van der Waals surface area (Å²) in [6.07, 6.45) is 0.150. The quantitative estimate of drug-likeness (QED) is 0.764. The third-order valence-corrected chi connectivity index (χ3v) is 4.79. The number of carbonyl (C=O) groups is 2. The number of sulfonamides is 1. The molecule has 0 unspecified atom stereocenters. The molecule has 116 valence electrons. The molecule has 1 aromatic rings. The zero-order valence-electron chi connectivity index (χ0n) is 11.9. The topological polar surface area (TPSA) is 104 Å². The van der Waals surface area contributed by atoms with Gasteiger partial charge in [0.05, 0.1) is 4.90 Å². The highest BCUT2D eigenvalue weighted by Gasteiger charge is 2.20. The van der Waals surface area contributed by atoms with Crippen LogP contribution in [-0.2, 0) is 14.8 Å². The summed E-state index contributed by atoms with van der Waals surface area (Å²) < 4.78 is 25.6. The van der Waals surface area contributed by atoms with E-state index in [4.69, 9.17) is 5.11 Å². The van der Waals surface area contributed by atoms with Gasteiger partial charge in [-0.25, -0.2) is 12.7 Å². The largest absolute Gasteiger partial charge is 0.481 e. The van der Waals surface area contributed by atoms with E-state index in [1.807, 2.05) is 0 Å². The van der Waals surface area contributed by atoms with Crippen molar-refractivity contribution < 1.29 is 23.1 Å². The third-order valence-electron chi connectivity index (χ3n) is 2.92. The molecule has 0 heterocycles. The molecule has 0 radical (unpaired) electrons. The van der Waals surface area contributed by atoms with Gasteiger partial charge in [-0.1, -0.05) is 0 Å². The molecule has 1 aromatic carbocycles. The number of nitrogens with zero attached hydrogens (tertiary/aromatic N) is 1. The van der Waals surface area contributed by atoms with Crippen molar-refractivity contribution in [2.75, 3.05) is 20.6 Å². The van der Waals surface area contributed by atoms with Gasteiger partial charge in [0, 0.05) is 32.6 Å². The number of rotatable bonds is 7. The first kappa shape index (κ1) is 17.1. The molecule has 8 heteroatoms. The maximum Gasteiger partial charge on any atom is 0.303 e. The van der Waals surface area contributed by atoms with Crippen molar-refractivity contribution in [2.24, 2.45) is 0 Å². The molecule has 0 aliphatic heterocycles. The van der Waals surface area contributed by atoms with Crippen LogP contribution in [0.25, 0.3) is 0 Å². The van der Waals surface area contributed by atoms with Gasteiger partial charge in [0.2, 0.25) is 10.0 Å². The summed E-state index contributed by atoms with van der Waals surface area (Å²) in [4.78, 5) is 21.9. The van der Waals surface area contributed by atoms with Gasteiger partial charge < -0.3 is 10.4 Å². The summed E-state index contributed by atoms with van der Waals surface area (Å²) in [6, 6.07) is 5.56. The van der Waals surface area contributed by atoms with E-state index in [2.05, 4.69) is 5.32 Å². The van der Waals surface area contributed by atoms with E-state index >= 15 is 0 Å². The Kier molecular flexibility index (Phi) is 5.86. The van der Waals surface area contributed by atoms with E-state index in [-0.39, 0.29) is 30.2 Å². The molecule has 0 saturated carbocycles. The van der Waals surface area contributed by atoms with Crippen LogP contribution >= 0.6 is 0 Å². The molecule has 2 N–H and O–H groups in total. The fraction of sp³-hybridized carbons (Fsp3) is 0.385. The summed E-state index contributed by atoms with van der Waals surface area (Å²) in [6.45, 7) is 0.117. The first-order valence-corrected chi connectivity index (χ1v) is 7.73. The molecule has 0 aliphatic carbocycles. The summed E-state index contributed by atoms with van der Waals surface area (Å²) in [5.74, 6) is -1.26. The van der Waals surface area contributed by atoms with Gasteiger partial charge >= 0.3 is 5.97 Å². The third kappa shape index (κ3) is 4.54. The van der Waals surface area contributed by atoms with Crippen molar-refractivity contribution in [1.82, 2.24) is 9.62 Å². The minimum absolute atomic E-state index is 0.0629. The average molecular weight is 314 g/mol. The Labute approximate surface area is 123 Å². The summed E-state index contributed by atoms with van der Waals surface area (Å²) in [5.41, 5.74) is 0.366. The summed E-state index contributed by atoms with van der Waals surface area (Å²) in [7, 11) is -0.795. The minimum Gasteiger partial charge on any atom is -0.481 e. The maximum atomic E-state index is 12.2. The number of carboxylic acid groups (broad SMARTS) is 1. The van der Waals surface area contributed by atoms with E-state index in [9.17, 15) is 18.0 Å². The molecule has 0 aliphatic rings. The highest BCUT2D eigenvalue weighted by molar-refractivity contribution is 7.89. The number of carbonyl (C=O) groups excluding carboxylic acids is 1. The normalized spacial score (nSPS) is 11.4. The first-order chi connectivity index (χ1) is 9.78. The number of amides is 1. The molecule has 0 spiro atoms. The van der Waals surface area contributed by atoms with Gasteiger partial charge in [0.15, 0.2) is 0 Å². The standard InChI is InChI=1S/C13H18N2O5S/c1-14-13(18)10-5-7-11(8-6-10)21(19,20)15(2)9-3-4-12(16)17/h5-8H,3-4,9H2,1-2H3,(H,14,18)(H,16,17). The fourth-order valence-corrected chi connectivity index (χ4v) is 2.89. The van der Waals surface area contributed by atoms with Gasteiger partial charge in [0.1, 0.15) is 0 Å². The highest BCUT2D eigenvalue weighted by Crippen LogP contribution is 2.15. The van der Waals surface area contributed by atoms with Crippen molar-refractivity contribution in [3.8, 4) is 0 Å². The lowest BCUT2D eigenvalue weighted by molar-refractivity contribution is -0.137. The summed E-state index contributed by atoms with van der Waals surface area (Å²) in [5, 5.41) is 11.0. The van der Waals surface area contributed by atoms with E-state index in [1.54, 1.807) is 0 Å². The van der Waals surface area contributed by atoms with Crippen LogP contribution in [0.2, 0.25) is 0 Å². The molecule has 0 fully saturated rings. The predicted octanol–water partition coefficient (Wildman–Crippen LogP) is 0.532. The van der Waals surface area contributed by atoms with Crippen molar-refractivity contribution in [2.45, 2.75) is 17.7 Å². The van der Waals surface area contributed by atoms with Crippen LogP contribution < -0.4 is 5.32 Å². The smallest absolute Gasteiger partial charge is 0.303 e. The zero-order chi connectivity index (χ0) is 16.0. The lowest BCUT2D eigenvalue weighted by atomic mass is 10.2. The number of hydrogen-bond donors (Lipinski definition) is 2. The van der Waals surface area contributed by atoms with Gasteiger partial charge in [-0.2, -0.15) is 0 Å². The second kappa shape index (κ2) is 7.19. The molecule has 0 saturated heterocycles. The lowest BCUT2D eigenvalue weighted by Crippen LogP contribution is -2.28. The van der Waals surface area contributed by atoms with Crippen LogP contribution in [-0.4, -0.2) is 50.3 Å². The Hall–Kier alpha value is -1.93. The molecule has 0 bridgehead atoms. The molecular weight excluding hydrogens is 296 g/mol. The summed E-state index contributed by atoms with van der Waals surface area (Å²) >= 11 is 0. The van der Waals surface area contributed by atoms with E-state index in [0.29, 0.717) is 5.56 Å². The van der Waals surface area contributed by atoms with E-state index < -0.39 is 16.0 Å². The van der Waals surface area contributed by atoms with Crippen LogP contribution in [0.3, 0.4) is 0 Å². The Morgan fingerprint density at radius 3 is 2.29 bits per heavy atom. The first-order valence-electron chi connectivity index (χ1n) is 6.29. The molecule has 1 amide bonds. The number of carboxylic acids is 1. The SMILES string of the molecule is CNC(=O)c1ccc(S(=O)(=O)N(C)CCCC(=O)O)cc1. The monoisotopic (exact) mass is 314 g/mol. The molecule has 0 aromatic heterocycles. The second-order valence-corrected chi connectivity index (χ2v) is 6.47. The number of aliphatic carboxylic acids is 1. The van der Waals surface area contributed by atoms with Crippen molar-refractivity contribution in [3.05, 3.63) is 29.8 Å². The Morgan fingerprint density at radius 1 is 1.24 bits per heavy atom. The highest BCUT2D eigenvalue weighted by atomic mass is 32.2. The Balaban J connectivity index is 2.82. The van der Waals surface area contributed by atoms with Gasteiger partial charge in [-0.15, -0.1) is 0 Å². The molecule has 0 atom stereocenters. The van der Waals surface area contributed by atoms with Crippen LogP contribution in [0.5, 0.6) is 0 Å². The van der Waals surface area contributed by atoms with E-state index in [1.165, 1.54) is 38.4 Å². The van der Waals surface area contributed by atoms with Crippen LogP contribution in [0, 0.1) is 0 Å². The average Bonchev–Trinajstić information content (AvgIpc) is 2.46. The number of hydrogen-bond acceptors (Lipinski definition) is 4. The number of benzene rings is 1. The van der Waals surface area contributed by atoms with Crippen molar-refractivity contribution >= 4 is 21.9 Å². The fourth-order valence-electron chi connectivity index (χ4n) is 1.68. The van der Waals surface area contributed by atoms with Gasteiger partial charge in [0.25, 0.3) is 5.91 Å². The lowest BCUT2D eigenvalue weighted by Gasteiger charge is -2.16. The molecular formula is C13H18N2O5S. The predicted molar refractivity (Wildman–Crippen MR) is 76.5 cm³/mol. The van der Waals surface area contributed by atoms with Crippen LogP contribution in [0.1, 0.15) is 23.2 Å². The Morgan fingerprint density at radius 2 is 1.81 bits per heavy atom. The number of nitrogens with one attached hydrogen (secondary N) is 1. The van der Waals surface area contributed by atoms with Crippen molar-refractivity contribution in [1.29, 1.82) is 0 Å². The van der Waals surface area contributed by atoms with Gasteiger partial charge in [-0.3, -0.25) is 9.59 Å². The molecule has 1 rings (SSSR count). The van der Waals surface area contributed by atoms with E-state index in [0.717, 1.165) is 4.31 Å². The Bertz CT molecular complexity index is 610.